The fourth-order valence-electron chi connectivity index (χ4n) is 2.94. The van der Waals surface area contributed by atoms with Gasteiger partial charge >= 0.3 is 12.0 Å². The van der Waals surface area contributed by atoms with Crippen LogP contribution in [-0.4, -0.2) is 36.7 Å². The number of hydrogen-bond donors (Lipinski definition) is 1. The smallest absolute Gasteiger partial charge is 0.337 e. The zero-order chi connectivity index (χ0) is 18.6. The van der Waals surface area contributed by atoms with E-state index in [4.69, 9.17) is 9.47 Å². The van der Waals surface area contributed by atoms with E-state index >= 15 is 0 Å². The molecule has 1 aliphatic rings. The molecule has 0 spiro atoms. The maximum absolute atomic E-state index is 12.5. The molecule has 6 nitrogen and oxygen atoms in total. The van der Waals surface area contributed by atoms with Gasteiger partial charge in [-0.1, -0.05) is 24.8 Å². The van der Waals surface area contributed by atoms with Crippen molar-refractivity contribution in [3.63, 3.8) is 0 Å². The number of nitrogens with one attached hydrogen (secondary N) is 1. The topological polar surface area (TPSA) is 67.9 Å². The molecule has 0 saturated heterocycles. The average molecular weight is 344 g/mol. The molecular weight excluding hydrogens is 320 g/mol. The Kier molecular flexibility index (Phi) is 5.85. The predicted molar refractivity (Wildman–Crippen MR) is 95.1 cm³/mol. The fraction of sp³-hybridized carbons (Fsp3) is 0.368. The molecule has 0 radical (unpaired) electrons. The van der Waals surface area contributed by atoms with Crippen molar-refractivity contribution < 1.29 is 19.1 Å². The summed E-state index contributed by atoms with van der Waals surface area (Å²) in [4.78, 5) is 26.5. The Balaban J connectivity index is 2.50. The van der Waals surface area contributed by atoms with Gasteiger partial charge in [-0.2, -0.15) is 0 Å². The molecule has 1 aromatic carbocycles. The van der Waals surface area contributed by atoms with Crippen LogP contribution in [0.4, 0.5) is 4.79 Å². The van der Waals surface area contributed by atoms with Gasteiger partial charge in [0.15, 0.2) is 0 Å². The Hall–Kier alpha value is -2.76. The number of methoxy groups -OCH3 is 1. The molecule has 1 heterocycles. The number of rotatable bonds is 6. The Morgan fingerprint density at radius 2 is 2.16 bits per heavy atom. The van der Waals surface area contributed by atoms with Crippen molar-refractivity contribution >= 4 is 12.0 Å². The summed E-state index contributed by atoms with van der Waals surface area (Å²) < 4.78 is 10.5. The number of hydrogen-bond acceptors (Lipinski definition) is 4. The van der Waals surface area contributed by atoms with Gasteiger partial charge in [0.05, 0.1) is 18.7 Å². The van der Waals surface area contributed by atoms with Crippen molar-refractivity contribution in [1.29, 1.82) is 0 Å². The summed E-state index contributed by atoms with van der Waals surface area (Å²) >= 11 is 0. The quantitative estimate of drug-likeness (QED) is 0.636. The standard InChI is InChI=1S/C19H24N2O4/c1-6-10-25-15-9-7-8-14(11-15)17-16(18(22)24-5)13(4)21(12(2)3)19(23)20-17/h6-9,11-12,17H,1,10H2,2-5H3,(H,20,23)/t17-/m0/s1. The molecule has 1 N–H and O–H groups in total. The number of nitrogens with zero attached hydrogens (tertiary/aromatic N) is 1. The second-order valence-electron chi connectivity index (χ2n) is 6.01. The number of esters is 1. The Morgan fingerprint density at radius 1 is 1.44 bits per heavy atom. The van der Waals surface area contributed by atoms with Crippen molar-refractivity contribution in [3.05, 3.63) is 53.8 Å². The molecule has 0 aliphatic carbocycles. The third-order valence-electron chi connectivity index (χ3n) is 4.01. The largest absolute Gasteiger partial charge is 0.490 e. The lowest BCUT2D eigenvalue weighted by Crippen LogP contribution is -2.50. The molecule has 25 heavy (non-hydrogen) atoms. The van der Waals surface area contributed by atoms with Crippen LogP contribution in [0.25, 0.3) is 0 Å². The first kappa shape index (κ1) is 18.6. The minimum Gasteiger partial charge on any atom is -0.490 e. The fourth-order valence-corrected chi connectivity index (χ4v) is 2.94. The maximum atomic E-state index is 12.5. The molecule has 1 atom stereocenters. The predicted octanol–water partition coefficient (Wildman–Crippen LogP) is 3.17. The van der Waals surface area contributed by atoms with E-state index in [9.17, 15) is 9.59 Å². The van der Waals surface area contributed by atoms with Crippen molar-refractivity contribution in [2.24, 2.45) is 0 Å². The summed E-state index contributed by atoms with van der Waals surface area (Å²) in [7, 11) is 1.33. The lowest BCUT2D eigenvalue weighted by Gasteiger charge is -2.37. The highest BCUT2D eigenvalue weighted by molar-refractivity contribution is 5.95. The highest BCUT2D eigenvalue weighted by Crippen LogP contribution is 2.33. The van der Waals surface area contributed by atoms with E-state index in [0.717, 1.165) is 5.56 Å². The van der Waals surface area contributed by atoms with Crippen LogP contribution in [0.5, 0.6) is 5.75 Å². The first-order chi connectivity index (χ1) is 11.9. The molecule has 0 bridgehead atoms. The SMILES string of the molecule is C=CCOc1cccc([C@@H]2NC(=O)N(C(C)C)C(C)=C2C(=O)OC)c1. The van der Waals surface area contributed by atoms with Crippen LogP contribution in [0.1, 0.15) is 32.4 Å². The van der Waals surface area contributed by atoms with E-state index in [1.54, 1.807) is 24.0 Å². The second kappa shape index (κ2) is 7.88. The van der Waals surface area contributed by atoms with Crippen LogP contribution in [0.15, 0.2) is 48.2 Å². The number of urea groups is 1. The molecule has 134 valence electrons. The van der Waals surface area contributed by atoms with Gasteiger partial charge in [-0.3, -0.25) is 4.90 Å². The van der Waals surface area contributed by atoms with E-state index in [2.05, 4.69) is 11.9 Å². The number of ether oxygens (including phenoxy) is 2. The molecule has 1 aliphatic heterocycles. The number of carbonyl (C=O) groups is 2. The van der Waals surface area contributed by atoms with Crippen LogP contribution in [0.3, 0.4) is 0 Å². The second-order valence-corrected chi connectivity index (χ2v) is 6.01. The van der Waals surface area contributed by atoms with Crippen LogP contribution in [-0.2, 0) is 9.53 Å². The van der Waals surface area contributed by atoms with Crippen molar-refractivity contribution in [3.8, 4) is 5.75 Å². The summed E-state index contributed by atoms with van der Waals surface area (Å²) in [6.45, 7) is 9.54. The van der Waals surface area contributed by atoms with Crippen LogP contribution < -0.4 is 10.1 Å². The van der Waals surface area contributed by atoms with Crippen molar-refractivity contribution in [1.82, 2.24) is 10.2 Å². The van der Waals surface area contributed by atoms with Gasteiger partial charge in [0.1, 0.15) is 12.4 Å². The Morgan fingerprint density at radius 3 is 2.76 bits per heavy atom. The molecule has 0 saturated carbocycles. The van der Waals surface area contributed by atoms with E-state index in [1.165, 1.54) is 7.11 Å². The van der Waals surface area contributed by atoms with Gasteiger partial charge in [0.25, 0.3) is 0 Å². The van der Waals surface area contributed by atoms with E-state index in [1.807, 2.05) is 32.0 Å². The maximum Gasteiger partial charge on any atom is 0.337 e. The van der Waals surface area contributed by atoms with Gasteiger partial charge < -0.3 is 14.8 Å². The van der Waals surface area contributed by atoms with Crippen molar-refractivity contribution in [2.75, 3.05) is 13.7 Å². The normalized spacial score (nSPS) is 17.4. The summed E-state index contributed by atoms with van der Waals surface area (Å²) in [5.74, 6) is 0.172. The Labute approximate surface area is 148 Å². The highest BCUT2D eigenvalue weighted by atomic mass is 16.5. The molecule has 2 rings (SSSR count). The summed E-state index contributed by atoms with van der Waals surface area (Å²) in [5.41, 5.74) is 1.75. The zero-order valence-corrected chi connectivity index (χ0v) is 15.0. The van der Waals surface area contributed by atoms with E-state index < -0.39 is 12.0 Å². The lowest BCUT2D eigenvalue weighted by atomic mass is 9.94. The molecule has 0 unspecified atom stereocenters. The molecule has 0 aromatic heterocycles. The number of benzene rings is 1. The summed E-state index contributed by atoms with van der Waals surface area (Å²) in [5, 5.41) is 2.90. The minimum atomic E-state index is -0.595. The zero-order valence-electron chi connectivity index (χ0n) is 15.0. The van der Waals surface area contributed by atoms with Gasteiger partial charge in [0.2, 0.25) is 0 Å². The van der Waals surface area contributed by atoms with Gasteiger partial charge in [0, 0.05) is 11.7 Å². The van der Waals surface area contributed by atoms with E-state index in [0.29, 0.717) is 23.6 Å². The minimum absolute atomic E-state index is 0.0807. The van der Waals surface area contributed by atoms with Crippen LogP contribution in [0, 0.1) is 0 Å². The van der Waals surface area contributed by atoms with Crippen LogP contribution >= 0.6 is 0 Å². The number of carbonyl (C=O) groups excluding carboxylic acids is 2. The summed E-state index contributed by atoms with van der Waals surface area (Å²) in [6, 6.07) is 6.35. The number of allylic oxidation sites excluding steroid dienone is 1. The van der Waals surface area contributed by atoms with Crippen LogP contribution in [0.2, 0.25) is 0 Å². The first-order valence-corrected chi connectivity index (χ1v) is 8.13. The average Bonchev–Trinajstić information content (AvgIpc) is 2.58. The van der Waals surface area contributed by atoms with Crippen molar-refractivity contribution in [2.45, 2.75) is 32.9 Å². The van der Waals surface area contributed by atoms with Gasteiger partial charge in [-0.15, -0.1) is 0 Å². The summed E-state index contributed by atoms with van der Waals surface area (Å²) in [6.07, 6.45) is 1.65. The lowest BCUT2D eigenvalue weighted by molar-refractivity contribution is -0.136. The molecule has 0 fully saturated rings. The highest BCUT2D eigenvalue weighted by Gasteiger charge is 2.37. The third-order valence-corrected chi connectivity index (χ3v) is 4.01. The molecule has 2 amide bonds. The monoisotopic (exact) mass is 344 g/mol. The van der Waals surface area contributed by atoms with Gasteiger partial charge in [-0.25, -0.2) is 9.59 Å². The molecule has 6 heteroatoms. The van der Waals surface area contributed by atoms with Gasteiger partial charge in [-0.05, 0) is 38.5 Å². The van der Waals surface area contributed by atoms with E-state index in [-0.39, 0.29) is 12.1 Å². The molecule has 1 aromatic rings. The number of amides is 2. The molecular formula is C19H24N2O4. The first-order valence-electron chi connectivity index (χ1n) is 8.13. The Bertz CT molecular complexity index is 709. The third kappa shape index (κ3) is 3.84.